The smallest absolute Gasteiger partial charge is 0.253 e. The second kappa shape index (κ2) is 12.0. The molecule has 2 heterocycles. The number of phenols is 1. The lowest BCUT2D eigenvalue weighted by Gasteiger charge is -2.14. The second-order valence-corrected chi connectivity index (χ2v) is 9.68. The average molecular weight is 546 g/mol. The van der Waals surface area contributed by atoms with Crippen LogP contribution in [0.3, 0.4) is 0 Å². The van der Waals surface area contributed by atoms with Crippen molar-refractivity contribution >= 4 is 35.0 Å². The molecule has 39 heavy (non-hydrogen) atoms. The van der Waals surface area contributed by atoms with Gasteiger partial charge in [0.15, 0.2) is 11.0 Å². The van der Waals surface area contributed by atoms with E-state index in [1.54, 1.807) is 60.2 Å². The maximum Gasteiger partial charge on any atom is 0.253 e. The molecule has 0 saturated carbocycles. The molecule has 4 aromatic rings. The third-order valence-corrected chi connectivity index (χ3v) is 7.00. The summed E-state index contributed by atoms with van der Waals surface area (Å²) in [6, 6.07) is 21.2. The van der Waals surface area contributed by atoms with Gasteiger partial charge in [0, 0.05) is 18.0 Å². The van der Waals surface area contributed by atoms with E-state index in [1.807, 2.05) is 24.3 Å². The number of thioether (sulfide) groups is 1. The summed E-state index contributed by atoms with van der Waals surface area (Å²) in [6.07, 6.45) is 1.12. The molecule has 0 spiro atoms. The fraction of sp³-hybridized carbons (Fsp3) is 0.214. The van der Waals surface area contributed by atoms with Crippen molar-refractivity contribution in [2.24, 2.45) is 0 Å². The Hall–Kier alpha value is -4.35. The van der Waals surface area contributed by atoms with Gasteiger partial charge in [-0.1, -0.05) is 42.1 Å². The monoisotopic (exact) mass is 545 g/mol. The number of nitrogens with zero attached hydrogens (tertiary/aromatic N) is 3. The number of nitrogens with one attached hydrogen (secondary N) is 2. The van der Waals surface area contributed by atoms with Crippen LogP contribution < -0.4 is 15.4 Å². The molecule has 11 heteroatoms. The van der Waals surface area contributed by atoms with E-state index < -0.39 is 6.10 Å². The molecule has 1 saturated heterocycles. The van der Waals surface area contributed by atoms with E-state index >= 15 is 0 Å². The lowest BCUT2D eigenvalue weighted by Crippen LogP contribution is -2.26. The number of phenolic OH excluding ortho intramolecular Hbond substituents is 1. The Kier molecular flexibility index (Phi) is 8.09. The summed E-state index contributed by atoms with van der Waals surface area (Å²) in [7, 11) is 1.57. The molecule has 1 fully saturated rings. The number of hydrogen-bond donors (Lipinski definition) is 3. The number of rotatable bonds is 9. The molecule has 1 unspecified atom stereocenters. The first-order valence-corrected chi connectivity index (χ1v) is 13.3. The Bertz CT molecular complexity index is 1480. The topological polar surface area (TPSA) is 128 Å². The van der Waals surface area contributed by atoms with E-state index in [9.17, 15) is 14.7 Å². The number of carbonyl (C=O) groups excluding carboxylic acids is 2. The number of ether oxygens (including phenoxy) is 2. The maximum atomic E-state index is 12.9. The van der Waals surface area contributed by atoms with E-state index in [0.717, 1.165) is 6.42 Å². The maximum absolute atomic E-state index is 12.9. The molecule has 10 nitrogen and oxygen atoms in total. The van der Waals surface area contributed by atoms with E-state index in [4.69, 9.17) is 9.47 Å². The van der Waals surface area contributed by atoms with Crippen molar-refractivity contribution in [2.45, 2.75) is 24.1 Å². The zero-order valence-electron chi connectivity index (χ0n) is 21.2. The van der Waals surface area contributed by atoms with Crippen LogP contribution in [0, 0.1) is 0 Å². The number of aromatic nitrogens is 3. The molecule has 1 aromatic heterocycles. The third-order valence-electron chi connectivity index (χ3n) is 6.07. The molecule has 3 aromatic carbocycles. The van der Waals surface area contributed by atoms with E-state index in [-0.39, 0.29) is 23.3 Å². The summed E-state index contributed by atoms with van der Waals surface area (Å²) in [5.74, 6) is 0.642. The van der Waals surface area contributed by atoms with Crippen molar-refractivity contribution in [1.82, 2.24) is 14.8 Å². The molecule has 0 bridgehead atoms. The number of anilines is 2. The molecule has 1 aliphatic rings. The third kappa shape index (κ3) is 6.05. The van der Waals surface area contributed by atoms with Gasteiger partial charge in [-0.25, -0.2) is 0 Å². The van der Waals surface area contributed by atoms with Gasteiger partial charge in [0.05, 0.1) is 24.1 Å². The Labute approximate surface area is 229 Å². The van der Waals surface area contributed by atoms with E-state index in [0.29, 0.717) is 52.4 Å². The summed E-state index contributed by atoms with van der Waals surface area (Å²) in [5, 5.41) is 25.3. The van der Waals surface area contributed by atoms with Crippen LogP contribution >= 0.6 is 11.8 Å². The van der Waals surface area contributed by atoms with Crippen LogP contribution in [0.1, 0.15) is 12.8 Å². The number of hydrogen-bond acceptors (Lipinski definition) is 8. The fourth-order valence-electron chi connectivity index (χ4n) is 4.24. The number of para-hydroxylation sites is 3. The van der Waals surface area contributed by atoms with Crippen LogP contribution in [0.15, 0.2) is 78.0 Å². The first kappa shape index (κ1) is 26.3. The first-order chi connectivity index (χ1) is 19.0. The standard InChI is InChI=1S/C28H27N5O5S/c1-37-23-13-5-3-11-21(23)33-26(20-10-2-4-12-22(20)34)31-32-28(33)39-17-25(35)29-18-8-6-9-19(16-18)30-27(36)24-14-7-15-38-24/h2-6,8-13,16,24,34H,7,14-15,17H2,1H3,(H,29,35)(H,30,36). The van der Waals surface area contributed by atoms with Crippen molar-refractivity contribution < 1.29 is 24.2 Å². The highest BCUT2D eigenvalue weighted by Gasteiger charge is 2.24. The van der Waals surface area contributed by atoms with Crippen molar-refractivity contribution in [2.75, 3.05) is 30.1 Å². The zero-order valence-corrected chi connectivity index (χ0v) is 22.0. The summed E-state index contributed by atoms with van der Waals surface area (Å²) < 4.78 is 12.7. The van der Waals surface area contributed by atoms with Gasteiger partial charge in [-0.2, -0.15) is 0 Å². The Morgan fingerprint density at radius 3 is 2.59 bits per heavy atom. The molecular formula is C28H27N5O5S. The highest BCUT2D eigenvalue weighted by atomic mass is 32.2. The van der Waals surface area contributed by atoms with Gasteiger partial charge in [-0.05, 0) is 55.3 Å². The van der Waals surface area contributed by atoms with Crippen LogP contribution in [-0.2, 0) is 14.3 Å². The molecule has 3 N–H and O–H groups in total. The largest absolute Gasteiger partial charge is 0.507 e. The SMILES string of the molecule is COc1ccccc1-n1c(SCC(=O)Nc2cccc(NC(=O)C3CCCO3)c2)nnc1-c1ccccc1O. The summed E-state index contributed by atoms with van der Waals surface area (Å²) in [6.45, 7) is 0.588. The second-order valence-electron chi connectivity index (χ2n) is 8.74. The van der Waals surface area contributed by atoms with Gasteiger partial charge in [0.2, 0.25) is 5.91 Å². The lowest BCUT2D eigenvalue weighted by molar-refractivity contribution is -0.124. The van der Waals surface area contributed by atoms with Crippen molar-refractivity contribution in [3.05, 3.63) is 72.8 Å². The highest BCUT2D eigenvalue weighted by Crippen LogP contribution is 2.35. The fourth-order valence-corrected chi connectivity index (χ4v) is 4.99. The Morgan fingerprint density at radius 1 is 1.05 bits per heavy atom. The van der Waals surface area contributed by atoms with Crippen LogP contribution in [-0.4, -0.2) is 57.3 Å². The van der Waals surface area contributed by atoms with Crippen LogP contribution in [0.4, 0.5) is 11.4 Å². The van der Waals surface area contributed by atoms with Crippen molar-refractivity contribution in [3.63, 3.8) is 0 Å². The normalized spacial score (nSPS) is 14.6. The van der Waals surface area contributed by atoms with Crippen LogP contribution in [0.2, 0.25) is 0 Å². The minimum atomic E-state index is -0.442. The summed E-state index contributed by atoms with van der Waals surface area (Å²) >= 11 is 1.20. The number of amides is 2. The van der Waals surface area contributed by atoms with Gasteiger partial charge in [-0.3, -0.25) is 14.2 Å². The summed E-state index contributed by atoms with van der Waals surface area (Å²) in [4.78, 5) is 25.2. The molecule has 5 rings (SSSR count). The van der Waals surface area contributed by atoms with Gasteiger partial charge in [0.1, 0.15) is 17.6 Å². The average Bonchev–Trinajstić information content (AvgIpc) is 3.63. The van der Waals surface area contributed by atoms with Crippen LogP contribution in [0.5, 0.6) is 11.5 Å². The first-order valence-electron chi connectivity index (χ1n) is 12.4. The molecule has 0 aliphatic carbocycles. The highest BCUT2D eigenvalue weighted by molar-refractivity contribution is 7.99. The van der Waals surface area contributed by atoms with E-state index in [1.165, 1.54) is 11.8 Å². The van der Waals surface area contributed by atoms with Crippen molar-refractivity contribution in [1.29, 1.82) is 0 Å². The molecule has 200 valence electrons. The Balaban J connectivity index is 1.32. The predicted molar refractivity (Wildman–Crippen MR) is 148 cm³/mol. The quantitative estimate of drug-likeness (QED) is 0.263. The molecular weight excluding hydrogens is 518 g/mol. The van der Waals surface area contributed by atoms with Gasteiger partial charge in [0.25, 0.3) is 5.91 Å². The summed E-state index contributed by atoms with van der Waals surface area (Å²) in [5.41, 5.74) is 2.28. The molecule has 2 amide bonds. The minimum absolute atomic E-state index is 0.0422. The van der Waals surface area contributed by atoms with Gasteiger partial charge < -0.3 is 25.2 Å². The van der Waals surface area contributed by atoms with Gasteiger partial charge >= 0.3 is 0 Å². The van der Waals surface area contributed by atoms with Crippen LogP contribution in [0.25, 0.3) is 17.1 Å². The number of methoxy groups -OCH3 is 1. The number of benzene rings is 3. The zero-order chi connectivity index (χ0) is 27.2. The van der Waals surface area contributed by atoms with Gasteiger partial charge in [-0.15, -0.1) is 10.2 Å². The molecule has 1 aliphatic heterocycles. The van der Waals surface area contributed by atoms with Crippen molar-refractivity contribution in [3.8, 4) is 28.6 Å². The number of carbonyl (C=O) groups is 2. The molecule has 1 atom stereocenters. The number of aromatic hydroxyl groups is 1. The predicted octanol–water partition coefficient (Wildman–Crippen LogP) is 4.50. The minimum Gasteiger partial charge on any atom is -0.507 e. The lowest BCUT2D eigenvalue weighted by atomic mass is 10.2. The van der Waals surface area contributed by atoms with E-state index in [2.05, 4.69) is 20.8 Å². The molecule has 0 radical (unpaired) electrons. The Morgan fingerprint density at radius 2 is 1.82 bits per heavy atom.